The second-order valence-electron chi connectivity index (χ2n) is 6.35. The lowest BCUT2D eigenvalue weighted by Crippen LogP contribution is -2.23. The fourth-order valence-electron chi connectivity index (χ4n) is 2.80. The predicted molar refractivity (Wildman–Crippen MR) is 104 cm³/mol. The van der Waals surface area contributed by atoms with Gasteiger partial charge in [0.1, 0.15) is 0 Å². The van der Waals surface area contributed by atoms with E-state index in [1.54, 1.807) is 12.1 Å². The fraction of sp³-hybridized carbons (Fsp3) is 0.238. The normalized spacial score (nSPS) is 13.3. The lowest BCUT2D eigenvalue weighted by Gasteiger charge is -2.11. The summed E-state index contributed by atoms with van der Waals surface area (Å²) in [4.78, 5) is 35.2. The summed E-state index contributed by atoms with van der Waals surface area (Å²) >= 11 is 0. The van der Waals surface area contributed by atoms with Crippen LogP contribution in [0, 0.1) is 10.1 Å². The standard InChI is InChI=1S/C21H19NO7/c1-3-14-4-6-15(7-5-14)21(24)13(2)29-20(23)9-8-16-10-18-19(28-12-27-18)11-17(16)22(25)26/h4-11,13H,3,12H2,1-2H3/b9-8+/t13-/m0/s1. The van der Waals surface area contributed by atoms with Crippen LogP contribution < -0.4 is 9.47 Å². The predicted octanol–water partition coefficient (Wildman–Crippen LogP) is 3.71. The Hall–Kier alpha value is -3.68. The van der Waals surface area contributed by atoms with Gasteiger partial charge in [0.25, 0.3) is 5.69 Å². The molecule has 0 amide bonds. The lowest BCUT2D eigenvalue weighted by molar-refractivity contribution is -0.385. The van der Waals surface area contributed by atoms with Crippen molar-refractivity contribution in [2.24, 2.45) is 0 Å². The van der Waals surface area contributed by atoms with E-state index in [9.17, 15) is 19.7 Å². The lowest BCUT2D eigenvalue weighted by atomic mass is 10.0. The first-order valence-corrected chi connectivity index (χ1v) is 8.99. The molecule has 2 aromatic carbocycles. The number of benzene rings is 2. The molecule has 0 spiro atoms. The SMILES string of the molecule is CCc1ccc(C(=O)[C@H](C)OC(=O)/C=C/c2cc3c(cc2[N+](=O)[O-])OCO3)cc1. The van der Waals surface area contributed by atoms with Crippen LogP contribution in [0.15, 0.2) is 42.5 Å². The molecule has 3 rings (SSSR count). The van der Waals surface area contributed by atoms with Crippen molar-refractivity contribution < 1.29 is 28.7 Å². The van der Waals surface area contributed by atoms with E-state index in [0.717, 1.165) is 18.1 Å². The van der Waals surface area contributed by atoms with Crippen molar-refractivity contribution in [1.82, 2.24) is 0 Å². The van der Waals surface area contributed by atoms with Gasteiger partial charge in [-0.05, 0) is 31.1 Å². The molecule has 0 saturated heterocycles. The zero-order valence-electron chi connectivity index (χ0n) is 15.9. The number of ketones is 1. The van der Waals surface area contributed by atoms with E-state index in [4.69, 9.17) is 14.2 Å². The van der Waals surface area contributed by atoms with E-state index in [1.165, 1.54) is 25.1 Å². The van der Waals surface area contributed by atoms with Crippen molar-refractivity contribution in [2.75, 3.05) is 6.79 Å². The summed E-state index contributed by atoms with van der Waals surface area (Å²) in [7, 11) is 0. The number of nitrogens with zero attached hydrogens (tertiary/aromatic N) is 1. The Balaban J connectivity index is 1.69. The zero-order valence-corrected chi connectivity index (χ0v) is 15.9. The summed E-state index contributed by atoms with van der Waals surface area (Å²) in [6.45, 7) is 3.46. The molecule has 8 heteroatoms. The molecule has 0 aliphatic carbocycles. The number of rotatable bonds is 7. The van der Waals surface area contributed by atoms with Crippen LogP contribution in [0.25, 0.3) is 6.08 Å². The number of nitro benzene ring substituents is 1. The highest BCUT2D eigenvalue weighted by Gasteiger charge is 2.23. The maximum Gasteiger partial charge on any atom is 0.331 e. The number of aryl methyl sites for hydroxylation is 1. The topological polar surface area (TPSA) is 105 Å². The van der Waals surface area contributed by atoms with Crippen molar-refractivity contribution >= 4 is 23.5 Å². The third kappa shape index (κ3) is 4.60. The number of Topliss-reactive ketones (excluding diaryl/α,β-unsaturated/α-hetero) is 1. The molecule has 1 aliphatic heterocycles. The summed E-state index contributed by atoms with van der Waals surface area (Å²) in [5, 5.41) is 11.3. The van der Waals surface area contributed by atoms with Crippen molar-refractivity contribution in [3.63, 3.8) is 0 Å². The van der Waals surface area contributed by atoms with Gasteiger partial charge < -0.3 is 14.2 Å². The third-order valence-electron chi connectivity index (χ3n) is 4.43. The molecule has 1 atom stereocenters. The van der Waals surface area contributed by atoms with Gasteiger partial charge >= 0.3 is 5.97 Å². The number of carbonyl (C=O) groups excluding carboxylic acids is 2. The van der Waals surface area contributed by atoms with Crippen molar-refractivity contribution in [3.05, 3.63) is 69.3 Å². The summed E-state index contributed by atoms with van der Waals surface area (Å²) in [5.74, 6) is -0.501. The van der Waals surface area contributed by atoms with Gasteiger partial charge in [0.05, 0.1) is 16.6 Å². The van der Waals surface area contributed by atoms with Gasteiger partial charge in [0.15, 0.2) is 17.6 Å². The first-order valence-electron chi connectivity index (χ1n) is 8.99. The Morgan fingerprint density at radius 3 is 2.48 bits per heavy atom. The number of ether oxygens (including phenoxy) is 3. The maximum atomic E-state index is 12.4. The summed E-state index contributed by atoms with van der Waals surface area (Å²) in [6, 6.07) is 9.73. The van der Waals surface area contributed by atoms with Gasteiger partial charge in [-0.25, -0.2) is 4.79 Å². The average molecular weight is 397 g/mol. The smallest absolute Gasteiger partial charge is 0.331 e. The monoisotopic (exact) mass is 397 g/mol. The number of hydrogen-bond acceptors (Lipinski definition) is 7. The van der Waals surface area contributed by atoms with E-state index in [-0.39, 0.29) is 29.6 Å². The molecular weight excluding hydrogens is 378 g/mol. The number of carbonyl (C=O) groups is 2. The minimum atomic E-state index is -0.994. The highest BCUT2D eigenvalue weighted by atomic mass is 16.7. The first-order chi connectivity index (χ1) is 13.9. The molecule has 29 heavy (non-hydrogen) atoms. The van der Waals surface area contributed by atoms with E-state index >= 15 is 0 Å². The minimum Gasteiger partial charge on any atom is -0.454 e. The van der Waals surface area contributed by atoms with Crippen LogP contribution >= 0.6 is 0 Å². The van der Waals surface area contributed by atoms with Crippen molar-refractivity contribution in [3.8, 4) is 11.5 Å². The molecule has 1 aliphatic rings. The van der Waals surface area contributed by atoms with Crippen LogP contribution in [-0.4, -0.2) is 29.6 Å². The largest absolute Gasteiger partial charge is 0.454 e. The molecule has 1 heterocycles. The average Bonchev–Trinajstić information content (AvgIpc) is 3.18. The molecule has 0 unspecified atom stereocenters. The number of hydrogen-bond donors (Lipinski definition) is 0. The first kappa shape index (κ1) is 20.1. The molecule has 0 fully saturated rings. The third-order valence-corrected chi connectivity index (χ3v) is 4.43. The molecule has 0 radical (unpaired) electrons. The Morgan fingerprint density at radius 1 is 1.21 bits per heavy atom. The van der Waals surface area contributed by atoms with E-state index in [0.29, 0.717) is 11.3 Å². The number of fused-ring (bicyclic) bond motifs is 1. The van der Waals surface area contributed by atoms with Crippen molar-refractivity contribution in [2.45, 2.75) is 26.4 Å². The highest BCUT2D eigenvalue weighted by molar-refractivity contribution is 6.01. The maximum absolute atomic E-state index is 12.4. The minimum absolute atomic E-state index is 0.0272. The van der Waals surface area contributed by atoms with Crippen LogP contribution in [0.2, 0.25) is 0 Å². The van der Waals surface area contributed by atoms with Crippen LogP contribution in [-0.2, 0) is 16.0 Å². The summed E-state index contributed by atoms with van der Waals surface area (Å²) in [5.41, 5.74) is 1.46. The number of nitro groups is 1. The highest BCUT2D eigenvalue weighted by Crippen LogP contribution is 2.38. The van der Waals surface area contributed by atoms with E-state index < -0.39 is 17.0 Å². The Bertz CT molecular complexity index is 979. The molecule has 8 nitrogen and oxygen atoms in total. The van der Waals surface area contributed by atoms with Gasteiger partial charge in [-0.3, -0.25) is 14.9 Å². The van der Waals surface area contributed by atoms with Gasteiger partial charge in [0.2, 0.25) is 12.6 Å². The Kier molecular flexibility index (Phi) is 5.92. The molecule has 0 bridgehead atoms. The second kappa shape index (κ2) is 8.55. The van der Waals surface area contributed by atoms with Crippen LogP contribution in [0.4, 0.5) is 5.69 Å². The van der Waals surface area contributed by atoms with Crippen LogP contribution in [0.3, 0.4) is 0 Å². The summed E-state index contributed by atoms with van der Waals surface area (Å²) in [6.07, 6.45) is 2.14. The molecule has 0 aromatic heterocycles. The van der Waals surface area contributed by atoms with Gasteiger partial charge in [-0.1, -0.05) is 31.2 Å². The molecule has 2 aromatic rings. The molecular formula is C21H19NO7. The van der Waals surface area contributed by atoms with Crippen molar-refractivity contribution in [1.29, 1.82) is 0 Å². The van der Waals surface area contributed by atoms with Gasteiger partial charge in [-0.15, -0.1) is 0 Å². The molecule has 0 N–H and O–H groups in total. The van der Waals surface area contributed by atoms with E-state index in [1.807, 2.05) is 19.1 Å². The number of esters is 1. The zero-order chi connectivity index (χ0) is 21.0. The van der Waals surface area contributed by atoms with Gasteiger partial charge in [-0.2, -0.15) is 0 Å². The Labute approximate surface area is 166 Å². The molecule has 0 saturated carbocycles. The summed E-state index contributed by atoms with van der Waals surface area (Å²) < 4.78 is 15.5. The fourth-order valence-corrected chi connectivity index (χ4v) is 2.80. The second-order valence-corrected chi connectivity index (χ2v) is 6.35. The van der Waals surface area contributed by atoms with Crippen LogP contribution in [0.1, 0.15) is 35.3 Å². The quantitative estimate of drug-likeness (QED) is 0.230. The van der Waals surface area contributed by atoms with E-state index in [2.05, 4.69) is 0 Å². The van der Waals surface area contributed by atoms with Crippen LogP contribution in [0.5, 0.6) is 11.5 Å². The molecule has 150 valence electrons. The Morgan fingerprint density at radius 2 is 1.86 bits per heavy atom. The van der Waals surface area contributed by atoms with Gasteiger partial charge in [0, 0.05) is 11.6 Å².